The normalized spacial score (nSPS) is 10.8. The molecule has 0 saturated heterocycles. The average molecular weight is 319 g/mol. The minimum absolute atomic E-state index is 0.0530. The van der Waals surface area contributed by atoms with Gasteiger partial charge in [-0.1, -0.05) is 11.8 Å². The van der Waals surface area contributed by atoms with E-state index < -0.39 is 15.7 Å². The summed E-state index contributed by atoms with van der Waals surface area (Å²) in [4.78, 5) is 0. The van der Waals surface area contributed by atoms with Crippen LogP contribution in [0.15, 0.2) is 18.2 Å². The molecule has 0 atom stereocenters. The number of halogens is 2. The molecule has 6 heteroatoms. The fourth-order valence-electron chi connectivity index (χ4n) is 1.40. The number of alkyl halides is 1. The fourth-order valence-corrected chi connectivity index (χ4v) is 2.14. The molecule has 0 bridgehead atoms. The number of rotatable bonds is 6. The minimum atomic E-state index is -2.99. The van der Waals surface area contributed by atoms with E-state index in [2.05, 4.69) is 11.8 Å². The molecule has 20 heavy (non-hydrogen) atoms. The highest BCUT2D eigenvalue weighted by atomic mass is 35.5. The lowest BCUT2D eigenvalue weighted by atomic mass is 10.2. The van der Waals surface area contributed by atoms with Crippen molar-refractivity contribution >= 4 is 21.4 Å². The Bertz CT molecular complexity index is 603. The van der Waals surface area contributed by atoms with E-state index in [4.69, 9.17) is 16.3 Å². The molecule has 1 aromatic carbocycles. The van der Waals surface area contributed by atoms with Gasteiger partial charge in [0.15, 0.2) is 0 Å². The highest BCUT2D eigenvalue weighted by molar-refractivity contribution is 7.90. The van der Waals surface area contributed by atoms with Gasteiger partial charge in [-0.3, -0.25) is 0 Å². The summed E-state index contributed by atoms with van der Waals surface area (Å²) < 4.78 is 40.8. The maximum absolute atomic E-state index is 13.7. The predicted molar refractivity (Wildman–Crippen MR) is 78.4 cm³/mol. The van der Waals surface area contributed by atoms with Gasteiger partial charge in [-0.05, 0) is 18.6 Å². The topological polar surface area (TPSA) is 43.4 Å². The molecule has 0 radical (unpaired) electrons. The molecule has 0 aliphatic rings. The van der Waals surface area contributed by atoms with E-state index in [1.54, 1.807) is 6.07 Å². The van der Waals surface area contributed by atoms with Gasteiger partial charge in [0.25, 0.3) is 0 Å². The molecule has 0 heterocycles. The second-order valence-electron chi connectivity index (χ2n) is 4.21. The third-order valence-electron chi connectivity index (χ3n) is 2.31. The standard InChI is InChI=1S/C14H16ClFO3S/c1-20(17,18)10-4-9-19-13-7-6-12(14(16)11-13)5-2-3-8-15/h6-7,11H,3-4,8-10H2,1H3. The van der Waals surface area contributed by atoms with E-state index in [0.29, 0.717) is 30.0 Å². The third-order valence-corrected chi connectivity index (χ3v) is 3.53. The Morgan fingerprint density at radius 1 is 1.40 bits per heavy atom. The molecule has 0 aliphatic carbocycles. The largest absolute Gasteiger partial charge is 0.493 e. The number of ether oxygens (including phenoxy) is 1. The number of hydrogen-bond donors (Lipinski definition) is 0. The van der Waals surface area contributed by atoms with Gasteiger partial charge in [0.1, 0.15) is 21.4 Å². The van der Waals surface area contributed by atoms with Crippen molar-refractivity contribution in [2.45, 2.75) is 12.8 Å². The first-order valence-corrected chi connectivity index (χ1v) is 8.67. The van der Waals surface area contributed by atoms with Crippen molar-refractivity contribution in [3.05, 3.63) is 29.6 Å². The van der Waals surface area contributed by atoms with Crippen LogP contribution >= 0.6 is 11.6 Å². The quantitative estimate of drug-likeness (QED) is 0.460. The van der Waals surface area contributed by atoms with Gasteiger partial charge in [0, 0.05) is 24.6 Å². The van der Waals surface area contributed by atoms with Crippen molar-refractivity contribution in [1.29, 1.82) is 0 Å². The molecule has 1 rings (SSSR count). The molecule has 3 nitrogen and oxygen atoms in total. The number of hydrogen-bond acceptors (Lipinski definition) is 3. The lowest BCUT2D eigenvalue weighted by Gasteiger charge is -2.06. The van der Waals surface area contributed by atoms with E-state index in [9.17, 15) is 12.8 Å². The van der Waals surface area contributed by atoms with Gasteiger partial charge in [-0.2, -0.15) is 0 Å². The van der Waals surface area contributed by atoms with Crippen molar-refractivity contribution in [3.63, 3.8) is 0 Å². The first-order valence-electron chi connectivity index (χ1n) is 6.07. The molecule has 0 spiro atoms. The molecule has 0 amide bonds. The summed E-state index contributed by atoms with van der Waals surface area (Å²) in [5.41, 5.74) is 0.290. The fraction of sp³-hybridized carbons (Fsp3) is 0.429. The SMILES string of the molecule is CS(=O)(=O)CCCOc1ccc(C#CCCCl)c(F)c1. The second-order valence-corrected chi connectivity index (χ2v) is 6.85. The van der Waals surface area contributed by atoms with Crippen LogP contribution in [0.5, 0.6) is 5.75 Å². The molecule has 0 aromatic heterocycles. The third kappa shape index (κ3) is 6.78. The highest BCUT2D eigenvalue weighted by Gasteiger charge is 2.04. The summed E-state index contributed by atoms with van der Waals surface area (Å²) in [6.45, 7) is 0.226. The van der Waals surface area contributed by atoms with Crippen LogP contribution in [0.2, 0.25) is 0 Å². The van der Waals surface area contributed by atoms with Crippen LogP contribution in [0.25, 0.3) is 0 Å². The lowest BCUT2D eigenvalue weighted by molar-refractivity contribution is 0.316. The molecular weight excluding hydrogens is 303 g/mol. The van der Waals surface area contributed by atoms with Crippen LogP contribution in [0, 0.1) is 17.7 Å². The van der Waals surface area contributed by atoms with E-state index in [0.717, 1.165) is 0 Å². The first-order chi connectivity index (χ1) is 9.42. The Morgan fingerprint density at radius 2 is 2.15 bits per heavy atom. The second kappa shape index (κ2) is 8.13. The summed E-state index contributed by atoms with van der Waals surface area (Å²) in [5, 5.41) is 0. The zero-order valence-corrected chi connectivity index (χ0v) is 12.7. The maximum Gasteiger partial charge on any atom is 0.147 e. The van der Waals surface area contributed by atoms with E-state index in [-0.39, 0.29) is 12.4 Å². The minimum Gasteiger partial charge on any atom is -0.493 e. The van der Waals surface area contributed by atoms with E-state index in [1.807, 2.05) is 0 Å². The Morgan fingerprint density at radius 3 is 2.75 bits per heavy atom. The molecular formula is C14H16ClFO3S. The summed E-state index contributed by atoms with van der Waals surface area (Å²) in [5.74, 6) is 5.80. The predicted octanol–water partition coefficient (Wildman–Crippen LogP) is 2.62. The van der Waals surface area contributed by atoms with Crippen LogP contribution in [0.3, 0.4) is 0 Å². The van der Waals surface area contributed by atoms with Crippen molar-refractivity contribution in [2.24, 2.45) is 0 Å². The van der Waals surface area contributed by atoms with Crippen molar-refractivity contribution < 1.29 is 17.5 Å². The summed E-state index contributed by atoms with van der Waals surface area (Å²) in [7, 11) is -2.99. The zero-order chi connectivity index (χ0) is 15.0. The zero-order valence-electron chi connectivity index (χ0n) is 11.2. The van der Waals surface area contributed by atoms with Crippen LogP contribution in [-0.2, 0) is 9.84 Å². The van der Waals surface area contributed by atoms with Gasteiger partial charge in [0.2, 0.25) is 0 Å². The lowest BCUT2D eigenvalue weighted by Crippen LogP contribution is -2.08. The first kappa shape index (κ1) is 16.8. The van der Waals surface area contributed by atoms with Crippen LogP contribution < -0.4 is 4.74 Å². The Kier molecular flexibility index (Phi) is 6.83. The van der Waals surface area contributed by atoms with Gasteiger partial charge in [-0.15, -0.1) is 11.6 Å². The molecule has 0 fully saturated rings. The van der Waals surface area contributed by atoms with Gasteiger partial charge < -0.3 is 4.74 Å². The molecule has 0 saturated carbocycles. The Labute approximate surface area is 124 Å². The van der Waals surface area contributed by atoms with Gasteiger partial charge >= 0.3 is 0 Å². The van der Waals surface area contributed by atoms with Crippen LogP contribution in [0.4, 0.5) is 4.39 Å². The molecule has 1 aromatic rings. The summed E-state index contributed by atoms with van der Waals surface area (Å²) in [6, 6.07) is 4.38. The summed E-state index contributed by atoms with van der Waals surface area (Å²) >= 11 is 5.48. The van der Waals surface area contributed by atoms with Gasteiger partial charge in [0.05, 0.1) is 17.9 Å². The number of sulfone groups is 1. The van der Waals surface area contributed by atoms with Crippen molar-refractivity contribution in [3.8, 4) is 17.6 Å². The molecule has 0 aliphatic heterocycles. The van der Waals surface area contributed by atoms with E-state index >= 15 is 0 Å². The highest BCUT2D eigenvalue weighted by Crippen LogP contribution is 2.16. The smallest absolute Gasteiger partial charge is 0.147 e. The monoisotopic (exact) mass is 318 g/mol. The van der Waals surface area contributed by atoms with Crippen molar-refractivity contribution in [2.75, 3.05) is 24.5 Å². The Balaban J connectivity index is 2.54. The Hall–Kier alpha value is -1.25. The molecule has 0 unspecified atom stereocenters. The van der Waals surface area contributed by atoms with E-state index in [1.165, 1.54) is 18.4 Å². The maximum atomic E-state index is 13.7. The van der Waals surface area contributed by atoms with Crippen LogP contribution in [0.1, 0.15) is 18.4 Å². The molecule has 110 valence electrons. The van der Waals surface area contributed by atoms with Crippen LogP contribution in [-0.4, -0.2) is 32.9 Å². The van der Waals surface area contributed by atoms with Gasteiger partial charge in [-0.25, -0.2) is 12.8 Å². The molecule has 0 N–H and O–H groups in total. The van der Waals surface area contributed by atoms with Crippen molar-refractivity contribution in [1.82, 2.24) is 0 Å². The number of benzene rings is 1. The summed E-state index contributed by atoms with van der Waals surface area (Å²) in [6.07, 6.45) is 2.05. The average Bonchev–Trinajstić information content (AvgIpc) is 2.36.